The Labute approximate surface area is 133 Å². The summed E-state index contributed by atoms with van der Waals surface area (Å²) < 4.78 is 0. The fraction of sp³-hybridized carbons (Fsp3) is 0.812. The molecule has 0 bridgehead atoms. The van der Waals surface area contributed by atoms with Crippen LogP contribution < -0.4 is 16.0 Å². The van der Waals surface area contributed by atoms with Gasteiger partial charge in [-0.05, 0) is 39.8 Å². The van der Waals surface area contributed by atoms with E-state index >= 15 is 0 Å². The molecule has 0 unspecified atom stereocenters. The Balaban J connectivity index is 3.88. The van der Waals surface area contributed by atoms with E-state index in [-0.39, 0.29) is 29.9 Å². The van der Waals surface area contributed by atoms with E-state index in [4.69, 9.17) is 0 Å². The molecular formula is C16H31N3O3. The summed E-state index contributed by atoms with van der Waals surface area (Å²) in [5.74, 6) is 0.0874. The third-order valence-corrected chi connectivity index (χ3v) is 3.66. The van der Waals surface area contributed by atoms with E-state index in [1.54, 1.807) is 7.05 Å². The number of unbranched alkanes of at least 4 members (excludes halogenated alkanes) is 1. The van der Waals surface area contributed by atoms with Crippen LogP contribution in [0.2, 0.25) is 0 Å². The zero-order chi connectivity index (χ0) is 17.0. The van der Waals surface area contributed by atoms with Gasteiger partial charge < -0.3 is 16.0 Å². The van der Waals surface area contributed by atoms with Crippen molar-refractivity contribution in [3.63, 3.8) is 0 Å². The van der Waals surface area contributed by atoms with E-state index in [1.165, 1.54) is 6.92 Å². The van der Waals surface area contributed by atoms with Gasteiger partial charge in [-0.3, -0.25) is 14.4 Å². The quantitative estimate of drug-likeness (QED) is 0.438. The van der Waals surface area contributed by atoms with Crippen molar-refractivity contribution in [1.29, 1.82) is 0 Å². The third-order valence-electron chi connectivity index (χ3n) is 3.66. The van der Waals surface area contributed by atoms with Crippen LogP contribution >= 0.6 is 0 Å². The maximum absolute atomic E-state index is 11.8. The second kappa shape index (κ2) is 12.3. The molecule has 0 saturated carbocycles. The number of hydrogen-bond donors (Lipinski definition) is 3. The van der Waals surface area contributed by atoms with Gasteiger partial charge in [-0.25, -0.2) is 0 Å². The molecule has 0 aliphatic carbocycles. The minimum atomic E-state index is -0.402. The molecule has 0 aromatic heterocycles. The van der Waals surface area contributed by atoms with Crippen molar-refractivity contribution in [1.82, 2.24) is 16.0 Å². The van der Waals surface area contributed by atoms with Gasteiger partial charge >= 0.3 is 0 Å². The molecule has 0 aromatic carbocycles. The smallest absolute Gasteiger partial charge is 0.222 e. The van der Waals surface area contributed by atoms with Crippen LogP contribution in [0.15, 0.2) is 0 Å². The van der Waals surface area contributed by atoms with E-state index in [9.17, 15) is 14.4 Å². The number of carbonyl (C=O) groups excluding carboxylic acids is 3. The Morgan fingerprint density at radius 3 is 2.23 bits per heavy atom. The fourth-order valence-corrected chi connectivity index (χ4v) is 2.28. The molecular weight excluding hydrogens is 282 g/mol. The second-order valence-corrected chi connectivity index (χ2v) is 5.43. The minimum Gasteiger partial charge on any atom is -0.356 e. The van der Waals surface area contributed by atoms with Crippen molar-refractivity contribution in [2.24, 2.45) is 0 Å². The summed E-state index contributed by atoms with van der Waals surface area (Å²) in [5.41, 5.74) is 0. The van der Waals surface area contributed by atoms with Gasteiger partial charge in [0.05, 0.1) is 12.1 Å². The molecule has 0 radical (unpaired) electrons. The van der Waals surface area contributed by atoms with Crippen molar-refractivity contribution in [2.45, 2.75) is 65.0 Å². The summed E-state index contributed by atoms with van der Waals surface area (Å²) in [6, 6.07) is -0.489. The molecule has 6 nitrogen and oxygen atoms in total. The predicted molar refractivity (Wildman–Crippen MR) is 87.8 cm³/mol. The van der Waals surface area contributed by atoms with E-state index < -0.39 is 6.04 Å². The second-order valence-electron chi connectivity index (χ2n) is 5.43. The average molecular weight is 313 g/mol. The molecule has 3 N–H and O–H groups in total. The van der Waals surface area contributed by atoms with Crippen molar-refractivity contribution < 1.29 is 14.4 Å². The molecule has 0 aliphatic rings. The standard InChI is InChI=1S/C16H31N3O3/c1-5-15(21)13(17-4)9-7-8-10-19-16(22)11-14(12(3)20)18-6-2/h13-14,17-18H,5-11H2,1-4H3,(H,19,22)/t13-,14-/m0/s1. The molecule has 2 atom stereocenters. The fourth-order valence-electron chi connectivity index (χ4n) is 2.28. The van der Waals surface area contributed by atoms with Gasteiger partial charge in [-0.1, -0.05) is 13.8 Å². The molecule has 0 saturated heterocycles. The van der Waals surface area contributed by atoms with Crippen molar-refractivity contribution >= 4 is 17.5 Å². The summed E-state index contributed by atoms with van der Waals surface area (Å²) in [7, 11) is 1.79. The maximum atomic E-state index is 11.8. The summed E-state index contributed by atoms with van der Waals surface area (Å²) in [6.45, 7) is 6.50. The van der Waals surface area contributed by atoms with Crippen molar-refractivity contribution in [3.8, 4) is 0 Å². The van der Waals surface area contributed by atoms with Crippen LogP contribution in [-0.4, -0.2) is 49.7 Å². The molecule has 0 rings (SSSR count). The number of nitrogens with one attached hydrogen (secondary N) is 3. The lowest BCUT2D eigenvalue weighted by molar-refractivity contribution is -0.126. The minimum absolute atomic E-state index is 0.0214. The van der Waals surface area contributed by atoms with Gasteiger partial charge in [0.15, 0.2) is 0 Å². The molecule has 0 heterocycles. The largest absolute Gasteiger partial charge is 0.356 e. The van der Waals surface area contributed by atoms with Crippen molar-refractivity contribution in [3.05, 3.63) is 0 Å². The topological polar surface area (TPSA) is 87.3 Å². The first-order chi connectivity index (χ1) is 10.5. The summed E-state index contributed by atoms with van der Waals surface area (Å²) in [5, 5.41) is 8.85. The van der Waals surface area contributed by atoms with Crippen LogP contribution in [0.3, 0.4) is 0 Å². The van der Waals surface area contributed by atoms with Gasteiger partial charge in [0.1, 0.15) is 11.6 Å². The lowest BCUT2D eigenvalue weighted by Crippen LogP contribution is -2.40. The zero-order valence-corrected chi connectivity index (χ0v) is 14.3. The van der Waals surface area contributed by atoms with Crippen LogP contribution in [0.5, 0.6) is 0 Å². The van der Waals surface area contributed by atoms with Gasteiger partial charge in [-0.2, -0.15) is 0 Å². The zero-order valence-electron chi connectivity index (χ0n) is 14.3. The highest BCUT2D eigenvalue weighted by Gasteiger charge is 2.17. The van der Waals surface area contributed by atoms with Gasteiger partial charge in [0.2, 0.25) is 5.91 Å². The molecule has 128 valence electrons. The van der Waals surface area contributed by atoms with E-state index in [0.717, 1.165) is 19.3 Å². The van der Waals surface area contributed by atoms with E-state index in [2.05, 4.69) is 16.0 Å². The van der Waals surface area contributed by atoms with Gasteiger partial charge in [0.25, 0.3) is 0 Å². The Morgan fingerprint density at radius 1 is 1.05 bits per heavy atom. The molecule has 6 heteroatoms. The van der Waals surface area contributed by atoms with E-state index in [0.29, 0.717) is 19.5 Å². The first-order valence-corrected chi connectivity index (χ1v) is 8.16. The summed E-state index contributed by atoms with van der Waals surface area (Å²) in [6.07, 6.45) is 3.20. The van der Waals surface area contributed by atoms with Gasteiger partial charge in [-0.15, -0.1) is 0 Å². The Morgan fingerprint density at radius 2 is 1.73 bits per heavy atom. The van der Waals surface area contributed by atoms with Crippen LogP contribution in [0, 0.1) is 0 Å². The molecule has 0 aromatic rings. The van der Waals surface area contributed by atoms with Crippen LogP contribution in [0.1, 0.15) is 52.9 Å². The molecule has 22 heavy (non-hydrogen) atoms. The first-order valence-electron chi connectivity index (χ1n) is 8.16. The number of amides is 1. The number of ketones is 2. The highest BCUT2D eigenvalue weighted by atomic mass is 16.2. The predicted octanol–water partition coefficient (Wildman–Crippen LogP) is 0.797. The number of rotatable bonds is 13. The van der Waals surface area contributed by atoms with Gasteiger partial charge in [0, 0.05) is 19.4 Å². The summed E-state index contributed by atoms with van der Waals surface area (Å²) >= 11 is 0. The summed E-state index contributed by atoms with van der Waals surface area (Å²) in [4.78, 5) is 34.7. The SMILES string of the molecule is CCN[C@@H](CC(=O)NCCCC[C@H](NC)C(=O)CC)C(C)=O. The number of carbonyl (C=O) groups is 3. The Bertz CT molecular complexity index is 359. The van der Waals surface area contributed by atoms with E-state index in [1.807, 2.05) is 13.8 Å². The molecule has 0 aliphatic heterocycles. The molecule has 1 amide bonds. The average Bonchev–Trinajstić information content (AvgIpc) is 2.49. The number of likely N-dealkylation sites (N-methyl/N-ethyl adjacent to an activating group) is 2. The lowest BCUT2D eigenvalue weighted by Gasteiger charge is -2.15. The third kappa shape index (κ3) is 8.89. The maximum Gasteiger partial charge on any atom is 0.222 e. The number of Topliss-reactive ketones (excluding diaryl/α,β-unsaturated/α-hetero) is 2. The lowest BCUT2D eigenvalue weighted by atomic mass is 10.0. The first kappa shape index (κ1) is 20.7. The van der Waals surface area contributed by atoms with Crippen LogP contribution in [0.25, 0.3) is 0 Å². The highest BCUT2D eigenvalue weighted by Crippen LogP contribution is 2.03. The molecule has 0 spiro atoms. The Kier molecular flexibility index (Phi) is 11.6. The monoisotopic (exact) mass is 313 g/mol. The van der Waals surface area contributed by atoms with Crippen LogP contribution in [0.4, 0.5) is 0 Å². The number of hydrogen-bond acceptors (Lipinski definition) is 5. The highest BCUT2D eigenvalue weighted by molar-refractivity contribution is 5.88. The molecule has 0 fully saturated rings. The Hall–Kier alpha value is -1.27. The van der Waals surface area contributed by atoms with Crippen LogP contribution in [-0.2, 0) is 14.4 Å². The normalized spacial score (nSPS) is 13.5. The van der Waals surface area contributed by atoms with Crippen molar-refractivity contribution in [2.75, 3.05) is 20.1 Å².